The van der Waals surface area contributed by atoms with Gasteiger partial charge in [-0.25, -0.2) is 0 Å². The lowest BCUT2D eigenvalue weighted by molar-refractivity contribution is -0.264. The highest BCUT2D eigenvalue weighted by Gasteiger charge is 2.60. The Morgan fingerprint density at radius 2 is 1.70 bits per heavy atom. The van der Waals surface area contributed by atoms with E-state index in [2.05, 4.69) is 0 Å². The largest absolute Gasteiger partial charge is 0.494 e. The lowest BCUT2D eigenvalue weighted by Gasteiger charge is -2.21. The number of hydrogen-bond acceptors (Lipinski definition) is 2. The second-order valence-electron chi connectivity index (χ2n) is 3.84. The van der Waals surface area contributed by atoms with Crippen molar-refractivity contribution in [3.05, 3.63) is 29.8 Å². The Kier molecular flexibility index (Phi) is 4.67. The summed E-state index contributed by atoms with van der Waals surface area (Å²) in [4.78, 5) is 11.5. The molecule has 0 aliphatic rings. The lowest BCUT2D eigenvalue weighted by Crippen LogP contribution is -2.42. The van der Waals surface area contributed by atoms with Gasteiger partial charge in [0.1, 0.15) is 5.75 Å². The van der Waals surface area contributed by atoms with E-state index in [9.17, 15) is 31.1 Å². The number of carbonyl (C=O) groups is 1. The summed E-state index contributed by atoms with van der Waals surface area (Å²) >= 11 is 0. The standard InChI is InChI=1S/C12H10F6O2/c1-2-20-8-5-3-4-7(6-8)9(19)10(11(13,14)15)12(16,17)18/h3-6,10H,2H2,1H3. The van der Waals surface area contributed by atoms with Gasteiger partial charge in [-0.1, -0.05) is 12.1 Å². The summed E-state index contributed by atoms with van der Waals surface area (Å²) in [7, 11) is 0. The van der Waals surface area contributed by atoms with E-state index in [4.69, 9.17) is 4.74 Å². The van der Waals surface area contributed by atoms with Crippen molar-refractivity contribution in [1.29, 1.82) is 0 Å². The molecule has 0 aliphatic carbocycles. The molecule has 0 bridgehead atoms. The van der Waals surface area contributed by atoms with Crippen molar-refractivity contribution >= 4 is 5.78 Å². The number of Topliss-reactive ketones (excluding diaryl/α,β-unsaturated/α-hetero) is 1. The van der Waals surface area contributed by atoms with Crippen LogP contribution in [0.5, 0.6) is 5.75 Å². The van der Waals surface area contributed by atoms with Crippen LogP contribution in [0.25, 0.3) is 0 Å². The van der Waals surface area contributed by atoms with Crippen LogP contribution in [0.3, 0.4) is 0 Å². The quantitative estimate of drug-likeness (QED) is 0.620. The third-order valence-corrected chi connectivity index (χ3v) is 2.35. The second kappa shape index (κ2) is 5.72. The topological polar surface area (TPSA) is 26.3 Å². The summed E-state index contributed by atoms with van der Waals surface area (Å²) in [5.41, 5.74) is -0.699. The van der Waals surface area contributed by atoms with Crippen LogP contribution < -0.4 is 4.74 Å². The molecule has 20 heavy (non-hydrogen) atoms. The van der Waals surface area contributed by atoms with Crippen LogP contribution in [0.15, 0.2) is 24.3 Å². The molecule has 112 valence electrons. The predicted molar refractivity (Wildman–Crippen MR) is 57.5 cm³/mol. The Bertz CT molecular complexity index is 464. The first-order chi connectivity index (χ1) is 9.07. The van der Waals surface area contributed by atoms with Gasteiger partial charge in [0.05, 0.1) is 6.61 Å². The maximum Gasteiger partial charge on any atom is 0.407 e. The number of alkyl halides is 6. The van der Waals surface area contributed by atoms with Gasteiger partial charge < -0.3 is 4.74 Å². The SMILES string of the molecule is CCOc1cccc(C(=O)C(C(F)(F)F)C(F)(F)F)c1. The van der Waals surface area contributed by atoms with E-state index in [1.165, 1.54) is 6.07 Å². The molecule has 0 spiro atoms. The highest BCUT2D eigenvalue weighted by Crippen LogP contribution is 2.41. The molecule has 0 saturated heterocycles. The van der Waals surface area contributed by atoms with Crippen molar-refractivity contribution in [3.8, 4) is 5.75 Å². The minimum atomic E-state index is -5.70. The minimum absolute atomic E-state index is 0.0291. The smallest absolute Gasteiger partial charge is 0.407 e. The Morgan fingerprint density at radius 3 is 2.15 bits per heavy atom. The van der Waals surface area contributed by atoms with Gasteiger partial charge in [0.15, 0.2) is 5.78 Å². The van der Waals surface area contributed by atoms with Crippen molar-refractivity contribution in [2.75, 3.05) is 6.61 Å². The number of carbonyl (C=O) groups excluding carboxylic acids is 1. The second-order valence-corrected chi connectivity index (χ2v) is 3.84. The first-order valence-corrected chi connectivity index (χ1v) is 5.48. The summed E-state index contributed by atoms with van der Waals surface area (Å²) in [6, 6.07) is 4.23. The molecular formula is C12H10F6O2. The average Bonchev–Trinajstić information content (AvgIpc) is 2.25. The van der Waals surface area contributed by atoms with E-state index in [1.54, 1.807) is 6.92 Å². The molecule has 0 saturated carbocycles. The van der Waals surface area contributed by atoms with Gasteiger partial charge in [-0.15, -0.1) is 0 Å². The number of ketones is 1. The van der Waals surface area contributed by atoms with Gasteiger partial charge in [-0.3, -0.25) is 4.79 Å². The molecule has 1 aromatic rings. The van der Waals surface area contributed by atoms with Gasteiger partial charge in [0, 0.05) is 5.56 Å². The fourth-order valence-electron chi connectivity index (χ4n) is 1.56. The number of ether oxygens (including phenoxy) is 1. The molecule has 0 N–H and O–H groups in total. The zero-order valence-electron chi connectivity index (χ0n) is 10.2. The Balaban J connectivity index is 3.17. The summed E-state index contributed by atoms with van der Waals surface area (Å²) in [6.07, 6.45) is -11.4. The van der Waals surface area contributed by atoms with E-state index in [1.807, 2.05) is 0 Å². The van der Waals surface area contributed by atoms with E-state index >= 15 is 0 Å². The maximum atomic E-state index is 12.4. The van der Waals surface area contributed by atoms with Crippen LogP contribution in [0.4, 0.5) is 26.3 Å². The molecule has 0 aliphatic heterocycles. The molecule has 0 aromatic heterocycles. The summed E-state index contributed by atoms with van der Waals surface area (Å²) < 4.78 is 79.5. The summed E-state index contributed by atoms with van der Waals surface area (Å²) in [5, 5.41) is 0. The number of benzene rings is 1. The van der Waals surface area contributed by atoms with Crippen molar-refractivity contribution in [3.63, 3.8) is 0 Å². The van der Waals surface area contributed by atoms with Crippen LogP contribution >= 0.6 is 0 Å². The zero-order chi connectivity index (χ0) is 15.6. The fourth-order valence-corrected chi connectivity index (χ4v) is 1.56. The minimum Gasteiger partial charge on any atom is -0.494 e. The molecule has 0 radical (unpaired) electrons. The zero-order valence-corrected chi connectivity index (χ0v) is 10.2. The van der Waals surface area contributed by atoms with Crippen molar-refractivity contribution in [1.82, 2.24) is 0 Å². The number of hydrogen-bond donors (Lipinski definition) is 0. The maximum absolute atomic E-state index is 12.4. The monoisotopic (exact) mass is 300 g/mol. The highest BCUT2D eigenvalue weighted by molar-refractivity contribution is 5.99. The lowest BCUT2D eigenvalue weighted by atomic mass is 9.96. The van der Waals surface area contributed by atoms with Crippen LogP contribution in [-0.2, 0) is 0 Å². The Hall–Kier alpha value is -1.73. The third kappa shape index (κ3) is 3.88. The van der Waals surface area contributed by atoms with Crippen LogP contribution in [0.1, 0.15) is 17.3 Å². The van der Waals surface area contributed by atoms with Gasteiger partial charge >= 0.3 is 12.4 Å². The highest BCUT2D eigenvalue weighted by atomic mass is 19.4. The molecule has 1 rings (SSSR count). The van der Waals surface area contributed by atoms with Crippen molar-refractivity contribution in [2.24, 2.45) is 5.92 Å². The molecule has 2 nitrogen and oxygen atoms in total. The molecule has 0 atom stereocenters. The molecule has 0 amide bonds. The first-order valence-electron chi connectivity index (χ1n) is 5.48. The van der Waals surface area contributed by atoms with Gasteiger partial charge in [0.25, 0.3) is 0 Å². The first kappa shape index (κ1) is 16.3. The molecule has 8 heteroatoms. The van der Waals surface area contributed by atoms with Crippen LogP contribution in [-0.4, -0.2) is 24.7 Å². The average molecular weight is 300 g/mol. The third-order valence-electron chi connectivity index (χ3n) is 2.35. The van der Waals surface area contributed by atoms with Crippen molar-refractivity contribution in [2.45, 2.75) is 19.3 Å². The molecule has 1 aromatic carbocycles. The van der Waals surface area contributed by atoms with Crippen LogP contribution in [0, 0.1) is 5.92 Å². The molecular weight excluding hydrogens is 290 g/mol. The summed E-state index contributed by atoms with van der Waals surface area (Å²) in [5.74, 6) is -6.06. The Labute approximate surface area is 110 Å². The predicted octanol–water partition coefficient (Wildman–Crippen LogP) is 4.01. The van der Waals surface area contributed by atoms with Crippen LogP contribution in [0.2, 0.25) is 0 Å². The number of halogens is 6. The Morgan fingerprint density at radius 1 is 1.15 bits per heavy atom. The summed E-state index contributed by atoms with van der Waals surface area (Å²) in [6.45, 7) is 1.75. The van der Waals surface area contributed by atoms with E-state index in [0.717, 1.165) is 18.2 Å². The van der Waals surface area contributed by atoms with Crippen molar-refractivity contribution < 1.29 is 35.9 Å². The number of rotatable bonds is 4. The normalized spacial score (nSPS) is 12.6. The van der Waals surface area contributed by atoms with E-state index in [-0.39, 0.29) is 12.4 Å². The molecule has 0 unspecified atom stereocenters. The van der Waals surface area contributed by atoms with Gasteiger partial charge in [-0.2, -0.15) is 26.3 Å². The molecule has 0 fully saturated rings. The van der Waals surface area contributed by atoms with Gasteiger partial charge in [-0.05, 0) is 19.1 Å². The fraction of sp³-hybridized carbons (Fsp3) is 0.417. The van der Waals surface area contributed by atoms with E-state index < -0.39 is 29.6 Å². The van der Waals surface area contributed by atoms with E-state index in [0.29, 0.717) is 0 Å². The van der Waals surface area contributed by atoms with Gasteiger partial charge in [0.2, 0.25) is 5.92 Å². The molecule has 0 heterocycles.